The lowest BCUT2D eigenvalue weighted by molar-refractivity contribution is 0.0923. The molecule has 0 spiro atoms. The van der Waals surface area contributed by atoms with E-state index in [4.69, 9.17) is 0 Å². The number of rotatable bonds is 4. The second-order valence-corrected chi connectivity index (χ2v) is 3.74. The van der Waals surface area contributed by atoms with Gasteiger partial charge in [0.1, 0.15) is 0 Å². The summed E-state index contributed by atoms with van der Waals surface area (Å²) in [7, 11) is 0. The molecule has 1 aromatic rings. The number of ketones is 1. The maximum absolute atomic E-state index is 11.9. The summed E-state index contributed by atoms with van der Waals surface area (Å²) in [6.45, 7) is 5.99. The summed E-state index contributed by atoms with van der Waals surface area (Å²) in [5.41, 5.74) is 1.69. The molecule has 1 atom stereocenters. The van der Waals surface area contributed by atoms with Crippen molar-refractivity contribution < 1.29 is 4.79 Å². The largest absolute Gasteiger partial charge is 0.294 e. The van der Waals surface area contributed by atoms with E-state index < -0.39 is 0 Å². The molecular weight excluding hydrogens is 174 g/mol. The molecule has 0 bridgehead atoms. The highest BCUT2D eigenvalue weighted by atomic mass is 16.1. The maximum Gasteiger partial charge on any atom is 0.165 e. The van der Waals surface area contributed by atoms with Gasteiger partial charge >= 0.3 is 0 Å². The molecule has 76 valence electrons. The van der Waals surface area contributed by atoms with Gasteiger partial charge < -0.3 is 0 Å². The van der Waals surface area contributed by atoms with Gasteiger partial charge in [0.25, 0.3) is 0 Å². The molecule has 2 heteroatoms. The Morgan fingerprint density at radius 2 is 2.29 bits per heavy atom. The Kier molecular flexibility index (Phi) is 3.81. The van der Waals surface area contributed by atoms with Crippen LogP contribution in [0.2, 0.25) is 0 Å². The second kappa shape index (κ2) is 4.89. The minimum absolute atomic E-state index is 0.127. The zero-order chi connectivity index (χ0) is 10.6. The molecule has 0 amide bonds. The van der Waals surface area contributed by atoms with Gasteiger partial charge in [-0.25, -0.2) is 0 Å². The number of aromatic nitrogens is 1. The van der Waals surface area contributed by atoms with Crippen LogP contribution >= 0.6 is 0 Å². The Balaban J connectivity index is 2.78. The molecule has 0 radical (unpaired) electrons. The lowest BCUT2D eigenvalue weighted by atomic mass is 9.96. The molecule has 0 fully saturated rings. The van der Waals surface area contributed by atoms with Crippen LogP contribution in [0, 0.1) is 12.8 Å². The van der Waals surface area contributed by atoms with E-state index >= 15 is 0 Å². The van der Waals surface area contributed by atoms with Crippen molar-refractivity contribution in [3.63, 3.8) is 0 Å². The third-order valence-corrected chi connectivity index (χ3v) is 2.35. The molecular formula is C12H17NO. The van der Waals surface area contributed by atoms with E-state index in [-0.39, 0.29) is 11.7 Å². The first-order valence-corrected chi connectivity index (χ1v) is 5.12. The minimum Gasteiger partial charge on any atom is -0.294 e. The fourth-order valence-corrected chi connectivity index (χ4v) is 1.55. The van der Waals surface area contributed by atoms with Gasteiger partial charge in [-0.2, -0.15) is 0 Å². The molecule has 1 unspecified atom stereocenters. The van der Waals surface area contributed by atoms with Crippen molar-refractivity contribution in [3.8, 4) is 0 Å². The smallest absolute Gasteiger partial charge is 0.165 e. The van der Waals surface area contributed by atoms with Gasteiger partial charge in [-0.15, -0.1) is 0 Å². The highest BCUT2D eigenvalue weighted by molar-refractivity contribution is 5.97. The Bertz CT molecular complexity index is 320. The average molecular weight is 191 g/mol. The molecule has 1 rings (SSSR count). The SMILES string of the molecule is CCCC(C)C(=O)c1ccnc(C)c1. The summed E-state index contributed by atoms with van der Waals surface area (Å²) < 4.78 is 0. The summed E-state index contributed by atoms with van der Waals surface area (Å²) in [4.78, 5) is 15.9. The predicted octanol–water partition coefficient (Wildman–Crippen LogP) is 3.01. The second-order valence-electron chi connectivity index (χ2n) is 3.74. The monoisotopic (exact) mass is 191 g/mol. The van der Waals surface area contributed by atoms with E-state index in [0.717, 1.165) is 24.1 Å². The van der Waals surface area contributed by atoms with E-state index in [1.807, 2.05) is 19.9 Å². The zero-order valence-electron chi connectivity index (χ0n) is 9.08. The number of pyridine rings is 1. The lowest BCUT2D eigenvalue weighted by Gasteiger charge is -2.08. The van der Waals surface area contributed by atoms with Crippen molar-refractivity contribution >= 4 is 5.78 Å². The lowest BCUT2D eigenvalue weighted by Crippen LogP contribution is -2.11. The summed E-state index contributed by atoms with van der Waals surface area (Å²) in [5.74, 6) is 0.360. The van der Waals surface area contributed by atoms with Gasteiger partial charge in [0.05, 0.1) is 0 Å². The standard InChI is InChI=1S/C12H17NO/c1-4-5-9(2)12(14)11-6-7-13-10(3)8-11/h6-9H,4-5H2,1-3H3. The number of hydrogen-bond acceptors (Lipinski definition) is 2. The van der Waals surface area contributed by atoms with Crippen LogP contribution in [0.5, 0.6) is 0 Å². The van der Waals surface area contributed by atoms with Gasteiger partial charge in [-0.05, 0) is 25.5 Å². The third-order valence-electron chi connectivity index (χ3n) is 2.35. The van der Waals surface area contributed by atoms with Crippen LogP contribution in [0.4, 0.5) is 0 Å². The first-order chi connectivity index (χ1) is 6.65. The maximum atomic E-state index is 11.9. The Hall–Kier alpha value is -1.18. The Morgan fingerprint density at radius 3 is 2.86 bits per heavy atom. The molecule has 0 N–H and O–H groups in total. The number of carbonyl (C=O) groups excluding carboxylic acids is 1. The summed E-state index contributed by atoms with van der Waals surface area (Å²) in [6.07, 6.45) is 3.71. The molecule has 0 aliphatic heterocycles. The third kappa shape index (κ3) is 2.66. The van der Waals surface area contributed by atoms with Crippen LogP contribution in [0.1, 0.15) is 42.7 Å². The van der Waals surface area contributed by atoms with E-state index in [1.165, 1.54) is 0 Å². The number of Topliss-reactive ketones (excluding diaryl/α,β-unsaturated/α-hetero) is 1. The number of aryl methyl sites for hydroxylation is 1. The molecule has 0 aliphatic carbocycles. The number of hydrogen-bond donors (Lipinski definition) is 0. The molecule has 1 heterocycles. The van der Waals surface area contributed by atoms with E-state index in [2.05, 4.69) is 11.9 Å². The van der Waals surface area contributed by atoms with Crippen molar-refractivity contribution in [2.24, 2.45) is 5.92 Å². The Morgan fingerprint density at radius 1 is 1.57 bits per heavy atom. The molecule has 0 saturated heterocycles. The highest BCUT2D eigenvalue weighted by Crippen LogP contribution is 2.13. The van der Waals surface area contributed by atoms with E-state index in [9.17, 15) is 4.79 Å². The molecule has 2 nitrogen and oxygen atoms in total. The topological polar surface area (TPSA) is 30.0 Å². The van der Waals surface area contributed by atoms with Crippen LogP contribution in [0.15, 0.2) is 18.3 Å². The summed E-state index contributed by atoms with van der Waals surface area (Å²) in [5, 5.41) is 0. The van der Waals surface area contributed by atoms with Gasteiger partial charge in [0, 0.05) is 23.4 Å². The average Bonchev–Trinajstić information content (AvgIpc) is 2.17. The normalized spacial score (nSPS) is 12.5. The number of nitrogens with zero attached hydrogens (tertiary/aromatic N) is 1. The van der Waals surface area contributed by atoms with Gasteiger partial charge in [0.2, 0.25) is 0 Å². The number of carbonyl (C=O) groups is 1. The minimum atomic E-state index is 0.127. The van der Waals surface area contributed by atoms with Crippen LogP contribution in [0.25, 0.3) is 0 Å². The van der Waals surface area contributed by atoms with Crippen molar-refractivity contribution in [1.82, 2.24) is 4.98 Å². The van der Waals surface area contributed by atoms with Crippen molar-refractivity contribution in [2.45, 2.75) is 33.6 Å². The fraction of sp³-hybridized carbons (Fsp3) is 0.500. The van der Waals surface area contributed by atoms with E-state index in [0.29, 0.717) is 0 Å². The van der Waals surface area contributed by atoms with Gasteiger partial charge in [-0.3, -0.25) is 9.78 Å². The quantitative estimate of drug-likeness (QED) is 0.685. The molecule has 1 aromatic heterocycles. The van der Waals surface area contributed by atoms with Gasteiger partial charge in [0.15, 0.2) is 5.78 Å². The van der Waals surface area contributed by atoms with Crippen molar-refractivity contribution in [2.75, 3.05) is 0 Å². The first-order valence-electron chi connectivity index (χ1n) is 5.12. The van der Waals surface area contributed by atoms with Crippen LogP contribution in [-0.4, -0.2) is 10.8 Å². The van der Waals surface area contributed by atoms with Crippen molar-refractivity contribution in [1.29, 1.82) is 0 Å². The summed E-state index contributed by atoms with van der Waals surface area (Å²) >= 11 is 0. The predicted molar refractivity (Wildman–Crippen MR) is 57.4 cm³/mol. The molecule has 14 heavy (non-hydrogen) atoms. The molecule has 0 aliphatic rings. The van der Waals surface area contributed by atoms with Crippen molar-refractivity contribution in [3.05, 3.63) is 29.6 Å². The fourth-order valence-electron chi connectivity index (χ4n) is 1.55. The van der Waals surface area contributed by atoms with Crippen LogP contribution in [-0.2, 0) is 0 Å². The van der Waals surface area contributed by atoms with Crippen LogP contribution < -0.4 is 0 Å². The first kappa shape index (κ1) is 10.9. The zero-order valence-corrected chi connectivity index (χ0v) is 9.08. The summed E-state index contributed by atoms with van der Waals surface area (Å²) in [6, 6.07) is 3.65. The highest BCUT2D eigenvalue weighted by Gasteiger charge is 2.13. The molecule has 0 saturated carbocycles. The molecule has 0 aromatic carbocycles. The Labute approximate surface area is 85.4 Å². The van der Waals surface area contributed by atoms with Crippen LogP contribution in [0.3, 0.4) is 0 Å². The van der Waals surface area contributed by atoms with Gasteiger partial charge in [-0.1, -0.05) is 20.3 Å². The van der Waals surface area contributed by atoms with E-state index in [1.54, 1.807) is 12.3 Å².